The normalized spacial score (nSPS) is 14.3. The number of nitrogens with zero attached hydrogens (tertiary/aromatic N) is 7. The first-order valence-corrected chi connectivity index (χ1v) is 18.7. The van der Waals surface area contributed by atoms with E-state index >= 15 is 0 Å². The molecule has 0 spiro atoms. The van der Waals surface area contributed by atoms with Gasteiger partial charge in [0.25, 0.3) is 37.7 Å². The first-order valence-electron chi connectivity index (χ1n) is 14.3. The van der Waals surface area contributed by atoms with Crippen molar-refractivity contribution in [2.75, 3.05) is 0 Å². The number of carbonyl (C=O) groups excluding carboxylic acids is 3. The standard InChI is InChI=1S/C26H17N9O18S4/c36-22-18-9(6-17(57(48,49)50)20(23(18)37)33-30-12-4-2-11(35(41)42)8-14(12)54-52-44)5-15(55-53-51-43)19(22)32-31-13-3-1-10(7-16(13)56(45,46)47)29-34-21-24(38)27-26(40)28-25(21)39/h1-8,21,36-37,43-44H,(H,45,46,47)(H,48,49,50)(H2,27,28,38,39,40)/b32-31+,33-30+,34-29+. The molecule has 4 aromatic carbocycles. The highest BCUT2D eigenvalue weighted by molar-refractivity contribution is 7.95. The fourth-order valence-electron chi connectivity index (χ4n) is 4.57. The topological polar surface area (TPSA) is 410 Å². The average Bonchev–Trinajstić information content (AvgIpc) is 3.12. The number of barbiturate groups is 1. The highest BCUT2D eigenvalue weighted by Crippen LogP contribution is 2.51. The Morgan fingerprint density at radius 3 is 1.96 bits per heavy atom. The highest BCUT2D eigenvalue weighted by Gasteiger charge is 2.34. The molecule has 0 atom stereocenters. The highest BCUT2D eigenvalue weighted by atomic mass is 32.2. The zero-order valence-electron chi connectivity index (χ0n) is 27.0. The number of azo groups is 3. The van der Waals surface area contributed by atoms with Gasteiger partial charge in [0.05, 0.1) is 49.9 Å². The smallest absolute Gasteiger partial charge is 0.328 e. The molecule has 4 aromatic rings. The van der Waals surface area contributed by atoms with E-state index in [4.69, 9.17) is 10.5 Å². The summed E-state index contributed by atoms with van der Waals surface area (Å²) in [6.45, 7) is 0. The van der Waals surface area contributed by atoms with E-state index in [-0.39, 0.29) is 40.4 Å². The first-order chi connectivity index (χ1) is 26.8. The second-order valence-electron chi connectivity index (χ2n) is 10.5. The molecule has 8 N–H and O–H groups in total. The number of nitro benzene ring substituents is 1. The number of nitro groups is 1. The molecule has 1 heterocycles. The number of hydrogen-bond donors (Lipinski definition) is 8. The fourth-order valence-corrected chi connectivity index (χ4v) is 6.81. The maximum Gasteiger partial charge on any atom is 0.328 e. The van der Waals surface area contributed by atoms with Crippen molar-refractivity contribution in [1.82, 2.24) is 10.6 Å². The summed E-state index contributed by atoms with van der Waals surface area (Å²) in [6, 6.07) is 4.13. The Hall–Kier alpha value is -6.13. The van der Waals surface area contributed by atoms with Gasteiger partial charge in [0, 0.05) is 12.1 Å². The van der Waals surface area contributed by atoms with Crippen LogP contribution >= 0.6 is 24.1 Å². The van der Waals surface area contributed by atoms with E-state index in [0.717, 1.165) is 36.4 Å². The van der Waals surface area contributed by atoms with E-state index < -0.39 is 109 Å². The van der Waals surface area contributed by atoms with Crippen molar-refractivity contribution in [3.63, 3.8) is 0 Å². The number of amides is 4. The summed E-state index contributed by atoms with van der Waals surface area (Å²) in [7, 11) is -10.5. The fraction of sp³-hybridized carbons (Fsp3) is 0.0385. The lowest BCUT2D eigenvalue weighted by Crippen LogP contribution is -2.57. The Morgan fingerprint density at radius 2 is 1.35 bits per heavy atom. The third kappa shape index (κ3) is 9.47. The molecule has 0 aliphatic carbocycles. The van der Waals surface area contributed by atoms with Gasteiger partial charge in [-0.25, -0.2) is 15.3 Å². The predicted octanol–water partition coefficient (Wildman–Crippen LogP) is 5.23. The van der Waals surface area contributed by atoms with Crippen molar-refractivity contribution in [3.05, 3.63) is 58.6 Å². The van der Waals surface area contributed by atoms with Crippen LogP contribution < -0.4 is 10.6 Å². The number of benzene rings is 4. The van der Waals surface area contributed by atoms with Crippen LogP contribution in [-0.2, 0) is 43.5 Å². The molecule has 5 rings (SSSR count). The Labute approximate surface area is 322 Å². The number of nitrogens with one attached hydrogen (secondary N) is 2. The number of non-ortho nitro benzene ring substituents is 1. The van der Waals surface area contributed by atoms with Crippen molar-refractivity contribution in [1.29, 1.82) is 0 Å². The van der Waals surface area contributed by atoms with Crippen LogP contribution in [0.25, 0.3) is 10.8 Å². The SMILES string of the molecule is O=C1NC(=O)C(/N=N/c2ccc(/N=N/c3c(SOOO)cc4cc(S(=O)(=O)O)c(/N=N/c5ccc([N+](=O)[O-])cc5SOO)c(O)c4c3O)c(S(=O)(=O)O)c2)C(=O)N1. The molecule has 27 nitrogen and oxygen atoms in total. The van der Waals surface area contributed by atoms with Crippen LogP contribution in [0.3, 0.4) is 0 Å². The quantitative estimate of drug-likeness (QED) is 0.0153. The van der Waals surface area contributed by atoms with Crippen molar-refractivity contribution in [3.8, 4) is 11.5 Å². The van der Waals surface area contributed by atoms with E-state index in [0.29, 0.717) is 12.1 Å². The summed E-state index contributed by atoms with van der Waals surface area (Å²) in [6.07, 6.45) is 0. The average molecular weight is 872 g/mol. The predicted molar refractivity (Wildman–Crippen MR) is 185 cm³/mol. The van der Waals surface area contributed by atoms with Gasteiger partial charge >= 0.3 is 6.03 Å². The molecule has 4 amide bonds. The molecule has 0 aromatic heterocycles. The summed E-state index contributed by atoms with van der Waals surface area (Å²) in [4.78, 5) is 42.8. The van der Waals surface area contributed by atoms with Crippen LogP contribution in [0.4, 0.5) is 38.9 Å². The van der Waals surface area contributed by atoms with Crippen LogP contribution in [-0.4, -0.2) is 75.5 Å². The van der Waals surface area contributed by atoms with Crippen LogP contribution in [0.1, 0.15) is 0 Å². The number of phenols is 2. The summed E-state index contributed by atoms with van der Waals surface area (Å²) in [5.41, 5.74) is -3.55. The molecule has 298 valence electrons. The van der Waals surface area contributed by atoms with Crippen LogP contribution in [0.15, 0.2) is 98.8 Å². The first kappa shape index (κ1) is 42.0. The number of aromatic hydroxyl groups is 2. The minimum Gasteiger partial charge on any atom is -0.505 e. The van der Waals surface area contributed by atoms with Gasteiger partial charge in [0.15, 0.2) is 11.5 Å². The molecule has 31 heteroatoms. The van der Waals surface area contributed by atoms with Crippen molar-refractivity contribution >= 4 is 107 Å². The third-order valence-corrected chi connectivity index (χ3v) is 9.91. The largest absolute Gasteiger partial charge is 0.505 e. The van der Waals surface area contributed by atoms with Crippen LogP contribution in [0.2, 0.25) is 0 Å². The van der Waals surface area contributed by atoms with Gasteiger partial charge in [-0.05, 0) is 41.8 Å². The van der Waals surface area contributed by atoms with Gasteiger partial charge in [-0.2, -0.15) is 31.4 Å². The molecule has 1 aliphatic heterocycles. The third-order valence-electron chi connectivity index (χ3n) is 6.96. The zero-order chi connectivity index (χ0) is 41.8. The molecular weight excluding hydrogens is 855 g/mol. The molecule has 0 unspecified atom stereocenters. The van der Waals surface area contributed by atoms with E-state index in [2.05, 4.69) is 44.4 Å². The molecule has 0 bridgehead atoms. The van der Waals surface area contributed by atoms with Crippen LogP contribution in [0.5, 0.6) is 11.5 Å². The van der Waals surface area contributed by atoms with Crippen molar-refractivity contribution in [2.45, 2.75) is 25.6 Å². The minimum atomic E-state index is -5.28. The molecule has 0 radical (unpaired) electrons. The molecular formula is C26H17N9O18S4. The summed E-state index contributed by atoms with van der Waals surface area (Å²) >= 11 is 0.271. The molecule has 1 fully saturated rings. The number of imide groups is 2. The number of rotatable bonds is 14. The van der Waals surface area contributed by atoms with Crippen LogP contribution in [0, 0.1) is 10.1 Å². The second kappa shape index (κ2) is 16.9. The number of fused-ring (bicyclic) bond motifs is 1. The zero-order valence-corrected chi connectivity index (χ0v) is 30.3. The van der Waals surface area contributed by atoms with Gasteiger partial charge in [-0.1, -0.05) is 5.04 Å². The van der Waals surface area contributed by atoms with Gasteiger partial charge < -0.3 is 10.2 Å². The molecule has 1 saturated heterocycles. The number of hydrogen-bond acceptors (Lipinski definition) is 24. The number of urea groups is 1. The Balaban J connectivity index is 1.64. The molecule has 1 aliphatic rings. The Kier molecular flexibility index (Phi) is 12.5. The lowest BCUT2D eigenvalue weighted by molar-refractivity contribution is -0.432. The molecule has 57 heavy (non-hydrogen) atoms. The maximum atomic E-state index is 12.4. The lowest BCUT2D eigenvalue weighted by atomic mass is 10.1. The Morgan fingerprint density at radius 1 is 0.737 bits per heavy atom. The van der Waals surface area contributed by atoms with Gasteiger partial charge in [0.2, 0.25) is 6.04 Å². The van der Waals surface area contributed by atoms with E-state index in [9.17, 15) is 60.7 Å². The van der Waals surface area contributed by atoms with E-state index in [1.54, 1.807) is 10.6 Å². The van der Waals surface area contributed by atoms with Gasteiger partial charge in [-0.15, -0.1) is 24.8 Å². The summed E-state index contributed by atoms with van der Waals surface area (Å²) < 4.78 is 77.7. The maximum absolute atomic E-state index is 12.4. The number of carbonyl (C=O) groups is 3. The van der Waals surface area contributed by atoms with Crippen molar-refractivity contribution in [2.24, 2.45) is 30.7 Å². The Bertz CT molecular complexity index is 2660. The summed E-state index contributed by atoms with van der Waals surface area (Å²) in [5, 5.41) is 79.4. The van der Waals surface area contributed by atoms with Gasteiger partial charge in [-0.3, -0.25) is 39.4 Å². The van der Waals surface area contributed by atoms with E-state index in [1.165, 1.54) is 0 Å². The lowest BCUT2D eigenvalue weighted by Gasteiger charge is -2.16. The van der Waals surface area contributed by atoms with Crippen molar-refractivity contribution < 1.29 is 79.7 Å². The van der Waals surface area contributed by atoms with E-state index in [1.807, 2.05) is 0 Å². The monoisotopic (exact) mass is 871 g/mol. The van der Waals surface area contributed by atoms with Gasteiger partial charge in [0.1, 0.15) is 32.5 Å². The second-order valence-corrected chi connectivity index (χ2v) is 14.7. The minimum absolute atomic E-state index is 0.0989. The summed E-state index contributed by atoms with van der Waals surface area (Å²) in [5.74, 6) is -4.55. The number of phenolic OH excluding ortho intramolecular Hbond substituents is 2. The molecule has 0 saturated carbocycles.